The number of rotatable bonds is 7. The Morgan fingerprint density at radius 3 is 2.41 bits per heavy atom. The maximum Gasteiger partial charge on any atom is 0.350 e. The second-order valence-electron chi connectivity index (χ2n) is 7.89. The van der Waals surface area contributed by atoms with Gasteiger partial charge in [0.05, 0.1) is 39.7 Å². The van der Waals surface area contributed by atoms with E-state index < -0.39 is 29.5 Å². The van der Waals surface area contributed by atoms with Crippen LogP contribution < -0.4 is 19.1 Å². The van der Waals surface area contributed by atoms with Crippen molar-refractivity contribution in [1.29, 1.82) is 0 Å². The van der Waals surface area contributed by atoms with E-state index in [1.165, 1.54) is 28.4 Å². The van der Waals surface area contributed by atoms with E-state index in [1.54, 1.807) is 49.4 Å². The smallest absolute Gasteiger partial charge is 0.350 e. The van der Waals surface area contributed by atoms with Gasteiger partial charge in [-0.1, -0.05) is 35.6 Å². The number of aromatic nitrogens is 1. The lowest BCUT2D eigenvalue weighted by atomic mass is 9.94. The van der Waals surface area contributed by atoms with Crippen molar-refractivity contribution < 1.29 is 38.4 Å². The van der Waals surface area contributed by atoms with Crippen LogP contribution in [0.25, 0.3) is 5.76 Å². The standard InChI is InChI=1S/C26H24N2O8S/c1-13-23(25(32)36-5)37-26(27-13)28-19(16-10-7-11-17(34-3)22(16)35-4)18(21(30)24(28)31)20(29)14-8-6-9-15(12-14)33-2/h6-12,19,29H,1-5H3/b20-18+. The molecule has 11 heteroatoms. The largest absolute Gasteiger partial charge is 0.507 e. The number of Topliss-reactive ketones (excluding diaryl/α,β-unsaturated/α-hetero) is 1. The summed E-state index contributed by atoms with van der Waals surface area (Å²) in [7, 11) is 5.60. The number of para-hydroxylation sites is 1. The Balaban J connectivity index is 2.01. The van der Waals surface area contributed by atoms with Gasteiger partial charge in [0.15, 0.2) is 16.6 Å². The molecule has 1 fully saturated rings. The van der Waals surface area contributed by atoms with Crippen LogP contribution in [0.15, 0.2) is 48.0 Å². The first-order valence-electron chi connectivity index (χ1n) is 11.0. The van der Waals surface area contributed by atoms with Crippen molar-refractivity contribution in [3.8, 4) is 17.2 Å². The average molecular weight is 525 g/mol. The summed E-state index contributed by atoms with van der Waals surface area (Å²) < 4.78 is 21.1. The number of aliphatic hydroxyl groups is 1. The molecule has 2 aromatic carbocycles. The molecule has 1 atom stereocenters. The highest BCUT2D eigenvalue weighted by molar-refractivity contribution is 7.17. The molecular formula is C26H24N2O8S. The molecule has 3 aromatic rings. The third kappa shape index (κ3) is 4.38. The number of aliphatic hydroxyl groups excluding tert-OH is 1. The minimum Gasteiger partial charge on any atom is -0.507 e. The topological polar surface area (TPSA) is 124 Å². The number of nitrogens with zero attached hydrogens (tertiary/aromatic N) is 2. The number of thiazole rings is 1. The van der Waals surface area contributed by atoms with Crippen molar-refractivity contribution in [1.82, 2.24) is 4.98 Å². The monoisotopic (exact) mass is 524 g/mol. The zero-order valence-corrected chi connectivity index (χ0v) is 21.5. The quantitative estimate of drug-likeness (QED) is 0.212. The van der Waals surface area contributed by atoms with E-state index in [0.717, 1.165) is 16.2 Å². The van der Waals surface area contributed by atoms with Gasteiger partial charge in [0.25, 0.3) is 5.78 Å². The number of carbonyl (C=O) groups is 3. The highest BCUT2D eigenvalue weighted by Crippen LogP contribution is 2.48. The Labute approximate surface area is 216 Å². The highest BCUT2D eigenvalue weighted by Gasteiger charge is 2.49. The molecule has 0 bridgehead atoms. The molecule has 0 aliphatic carbocycles. The number of hydrogen-bond acceptors (Lipinski definition) is 10. The Bertz CT molecular complexity index is 1430. The molecule has 2 heterocycles. The van der Waals surface area contributed by atoms with E-state index in [1.807, 2.05) is 0 Å². The molecule has 1 aliphatic rings. The highest BCUT2D eigenvalue weighted by atomic mass is 32.1. The summed E-state index contributed by atoms with van der Waals surface area (Å²) in [4.78, 5) is 44.9. The van der Waals surface area contributed by atoms with E-state index in [9.17, 15) is 19.5 Å². The molecule has 0 radical (unpaired) electrons. The first-order valence-corrected chi connectivity index (χ1v) is 11.8. The Morgan fingerprint density at radius 1 is 1.03 bits per heavy atom. The lowest BCUT2D eigenvalue weighted by Gasteiger charge is -2.25. The number of ketones is 1. The van der Waals surface area contributed by atoms with E-state index in [2.05, 4.69) is 4.98 Å². The van der Waals surface area contributed by atoms with Gasteiger partial charge < -0.3 is 24.1 Å². The zero-order valence-electron chi connectivity index (χ0n) is 20.7. The van der Waals surface area contributed by atoms with Gasteiger partial charge in [-0.05, 0) is 25.1 Å². The lowest BCUT2D eigenvalue weighted by Crippen LogP contribution is -2.29. The van der Waals surface area contributed by atoms with Crippen LogP contribution in [0.3, 0.4) is 0 Å². The second kappa shape index (κ2) is 10.3. The summed E-state index contributed by atoms with van der Waals surface area (Å²) in [6.45, 7) is 1.60. The summed E-state index contributed by atoms with van der Waals surface area (Å²) in [6, 6.07) is 10.3. The summed E-state index contributed by atoms with van der Waals surface area (Å²) in [6.07, 6.45) is 0. The maximum atomic E-state index is 13.5. The van der Waals surface area contributed by atoms with Crippen LogP contribution in [-0.2, 0) is 14.3 Å². The van der Waals surface area contributed by atoms with Crippen molar-refractivity contribution in [3.63, 3.8) is 0 Å². The Morgan fingerprint density at radius 2 is 1.76 bits per heavy atom. The number of esters is 1. The molecule has 1 unspecified atom stereocenters. The Kier molecular flexibility index (Phi) is 7.16. The first kappa shape index (κ1) is 25.7. The first-order chi connectivity index (χ1) is 17.8. The van der Waals surface area contributed by atoms with Crippen molar-refractivity contribution in [2.24, 2.45) is 0 Å². The number of ether oxygens (including phenoxy) is 4. The molecule has 0 spiro atoms. The van der Waals surface area contributed by atoms with E-state index in [-0.39, 0.29) is 26.9 Å². The van der Waals surface area contributed by atoms with Crippen LogP contribution >= 0.6 is 11.3 Å². The van der Waals surface area contributed by atoms with Crippen molar-refractivity contribution in [2.75, 3.05) is 33.3 Å². The summed E-state index contributed by atoms with van der Waals surface area (Å²) in [5.41, 5.74) is 0.794. The van der Waals surface area contributed by atoms with Crippen molar-refractivity contribution >= 4 is 39.9 Å². The summed E-state index contributed by atoms with van der Waals surface area (Å²) in [5, 5.41) is 11.4. The lowest BCUT2D eigenvalue weighted by molar-refractivity contribution is -0.132. The summed E-state index contributed by atoms with van der Waals surface area (Å²) >= 11 is 0.904. The fraction of sp³-hybridized carbons (Fsp3) is 0.231. The van der Waals surface area contributed by atoms with Gasteiger partial charge in [0, 0.05) is 11.1 Å². The van der Waals surface area contributed by atoms with E-state index >= 15 is 0 Å². The third-order valence-corrected chi connectivity index (χ3v) is 7.01. The number of amides is 1. The normalized spacial score (nSPS) is 16.6. The molecule has 1 aromatic heterocycles. The van der Waals surface area contributed by atoms with Crippen LogP contribution in [0.5, 0.6) is 17.2 Å². The van der Waals surface area contributed by atoms with Gasteiger partial charge in [-0.2, -0.15) is 0 Å². The van der Waals surface area contributed by atoms with Gasteiger partial charge in [-0.3, -0.25) is 14.5 Å². The van der Waals surface area contributed by atoms with Crippen molar-refractivity contribution in [2.45, 2.75) is 13.0 Å². The van der Waals surface area contributed by atoms with Gasteiger partial charge in [0.2, 0.25) is 0 Å². The maximum absolute atomic E-state index is 13.5. The molecule has 1 aliphatic heterocycles. The summed E-state index contributed by atoms with van der Waals surface area (Å²) in [5.74, 6) is -1.81. The number of hydrogen-bond donors (Lipinski definition) is 1. The fourth-order valence-corrected chi connectivity index (χ4v) is 5.16. The van der Waals surface area contributed by atoms with Gasteiger partial charge in [0.1, 0.15) is 22.4 Å². The third-order valence-electron chi connectivity index (χ3n) is 5.88. The van der Waals surface area contributed by atoms with E-state index in [4.69, 9.17) is 18.9 Å². The van der Waals surface area contributed by atoms with Crippen LogP contribution in [0.1, 0.15) is 32.5 Å². The minimum atomic E-state index is -1.15. The predicted molar refractivity (Wildman–Crippen MR) is 136 cm³/mol. The number of methoxy groups -OCH3 is 4. The van der Waals surface area contributed by atoms with Crippen LogP contribution in [0.4, 0.5) is 5.13 Å². The number of carbonyl (C=O) groups excluding carboxylic acids is 3. The minimum absolute atomic E-state index is 0.0829. The molecule has 192 valence electrons. The molecule has 1 amide bonds. The zero-order chi connectivity index (χ0) is 26.9. The van der Waals surface area contributed by atoms with Crippen LogP contribution in [0, 0.1) is 6.92 Å². The number of aryl methyl sites for hydroxylation is 1. The number of benzene rings is 2. The van der Waals surface area contributed by atoms with E-state index in [0.29, 0.717) is 22.8 Å². The predicted octanol–water partition coefficient (Wildman–Crippen LogP) is 3.89. The molecule has 4 rings (SSSR count). The fourth-order valence-electron chi connectivity index (χ4n) is 4.14. The van der Waals surface area contributed by atoms with Crippen LogP contribution in [0.2, 0.25) is 0 Å². The SMILES string of the molecule is COC(=O)c1sc(N2C(=O)C(=O)/C(=C(/O)c3cccc(OC)c3)C2c2cccc(OC)c2OC)nc1C. The average Bonchev–Trinajstić information content (AvgIpc) is 3.43. The second-order valence-corrected chi connectivity index (χ2v) is 8.86. The van der Waals surface area contributed by atoms with Gasteiger partial charge in [-0.15, -0.1) is 0 Å². The van der Waals surface area contributed by atoms with Gasteiger partial charge in [-0.25, -0.2) is 9.78 Å². The molecule has 1 saturated heterocycles. The molecular weight excluding hydrogens is 500 g/mol. The molecule has 0 saturated carbocycles. The van der Waals surface area contributed by atoms with Gasteiger partial charge >= 0.3 is 11.9 Å². The molecule has 37 heavy (non-hydrogen) atoms. The van der Waals surface area contributed by atoms with Crippen molar-refractivity contribution in [3.05, 3.63) is 69.7 Å². The molecule has 10 nitrogen and oxygen atoms in total. The van der Waals surface area contributed by atoms with Crippen LogP contribution in [-0.4, -0.2) is 56.2 Å². The Hall–Kier alpha value is -4.38. The molecule has 1 N–H and O–H groups in total. The number of anilines is 1.